The van der Waals surface area contributed by atoms with Crippen molar-refractivity contribution in [1.29, 1.82) is 0 Å². The lowest BCUT2D eigenvalue weighted by molar-refractivity contribution is 0.0722. The predicted molar refractivity (Wildman–Crippen MR) is 83.7 cm³/mol. The van der Waals surface area contributed by atoms with Crippen molar-refractivity contribution in [3.63, 3.8) is 0 Å². The summed E-state index contributed by atoms with van der Waals surface area (Å²) >= 11 is 0. The Morgan fingerprint density at radius 3 is 2.71 bits per heavy atom. The SMILES string of the molecule is O=C(NCc1ccccn1)c1ccc(S(=O)(=O)N2CCOCC2)o1. The number of carbonyl (C=O) groups is 1. The normalized spacial score (nSPS) is 16.0. The van der Waals surface area contributed by atoms with E-state index in [9.17, 15) is 13.2 Å². The second-order valence-corrected chi connectivity index (χ2v) is 7.01. The number of carbonyl (C=O) groups excluding carboxylic acids is 1. The number of morpholine rings is 1. The largest absolute Gasteiger partial charge is 0.438 e. The van der Waals surface area contributed by atoms with Gasteiger partial charge in [-0.3, -0.25) is 9.78 Å². The minimum Gasteiger partial charge on any atom is -0.438 e. The highest BCUT2D eigenvalue weighted by molar-refractivity contribution is 7.89. The van der Waals surface area contributed by atoms with Crippen LogP contribution in [0.25, 0.3) is 0 Å². The van der Waals surface area contributed by atoms with Gasteiger partial charge in [-0.25, -0.2) is 8.42 Å². The molecule has 0 saturated carbocycles. The van der Waals surface area contributed by atoms with E-state index in [2.05, 4.69) is 10.3 Å². The average molecular weight is 351 g/mol. The first-order valence-electron chi connectivity index (χ1n) is 7.43. The van der Waals surface area contributed by atoms with Crippen LogP contribution in [-0.4, -0.2) is 49.9 Å². The van der Waals surface area contributed by atoms with Crippen molar-refractivity contribution in [3.8, 4) is 0 Å². The maximum Gasteiger partial charge on any atom is 0.287 e. The summed E-state index contributed by atoms with van der Waals surface area (Å²) in [4.78, 5) is 16.2. The second kappa shape index (κ2) is 7.12. The van der Waals surface area contributed by atoms with Crippen LogP contribution in [-0.2, 0) is 21.3 Å². The lowest BCUT2D eigenvalue weighted by Crippen LogP contribution is -2.40. The van der Waals surface area contributed by atoms with Crippen molar-refractivity contribution in [2.45, 2.75) is 11.6 Å². The van der Waals surface area contributed by atoms with E-state index in [1.165, 1.54) is 16.4 Å². The van der Waals surface area contributed by atoms with E-state index < -0.39 is 15.9 Å². The van der Waals surface area contributed by atoms with Gasteiger partial charge in [0.1, 0.15) is 0 Å². The number of hydrogen-bond donors (Lipinski definition) is 1. The summed E-state index contributed by atoms with van der Waals surface area (Å²) in [7, 11) is -3.75. The fraction of sp³-hybridized carbons (Fsp3) is 0.333. The number of sulfonamides is 1. The molecule has 8 nitrogen and oxygen atoms in total. The molecule has 0 radical (unpaired) electrons. The van der Waals surface area contributed by atoms with Gasteiger partial charge in [0.2, 0.25) is 5.09 Å². The Hall–Kier alpha value is -2.23. The van der Waals surface area contributed by atoms with Gasteiger partial charge in [-0.05, 0) is 24.3 Å². The molecule has 0 spiro atoms. The average Bonchev–Trinajstić information content (AvgIpc) is 3.12. The molecule has 1 aliphatic heterocycles. The van der Waals surface area contributed by atoms with Crippen LogP contribution >= 0.6 is 0 Å². The highest BCUT2D eigenvalue weighted by Crippen LogP contribution is 2.19. The van der Waals surface area contributed by atoms with Crippen molar-refractivity contribution in [2.75, 3.05) is 26.3 Å². The summed E-state index contributed by atoms with van der Waals surface area (Å²) in [5.74, 6) is -0.554. The van der Waals surface area contributed by atoms with E-state index in [-0.39, 0.29) is 30.5 Å². The zero-order valence-corrected chi connectivity index (χ0v) is 13.7. The molecule has 24 heavy (non-hydrogen) atoms. The Labute approximate surface area is 139 Å². The van der Waals surface area contributed by atoms with Crippen LogP contribution in [0.2, 0.25) is 0 Å². The number of nitrogens with zero attached hydrogens (tertiary/aromatic N) is 2. The van der Waals surface area contributed by atoms with Crippen molar-refractivity contribution < 1.29 is 22.4 Å². The molecule has 1 N–H and O–H groups in total. The van der Waals surface area contributed by atoms with Gasteiger partial charge < -0.3 is 14.5 Å². The minimum absolute atomic E-state index is 0.0576. The molecule has 2 aromatic rings. The number of rotatable bonds is 5. The van der Waals surface area contributed by atoms with Gasteiger partial charge in [0.05, 0.1) is 25.5 Å². The summed E-state index contributed by atoms with van der Waals surface area (Å²) in [6.07, 6.45) is 1.63. The van der Waals surface area contributed by atoms with Crippen molar-refractivity contribution in [2.24, 2.45) is 0 Å². The van der Waals surface area contributed by atoms with Crippen molar-refractivity contribution >= 4 is 15.9 Å². The quantitative estimate of drug-likeness (QED) is 0.847. The third-order valence-electron chi connectivity index (χ3n) is 3.53. The topological polar surface area (TPSA) is 102 Å². The third-order valence-corrected chi connectivity index (χ3v) is 5.30. The highest BCUT2D eigenvalue weighted by Gasteiger charge is 2.29. The fourth-order valence-corrected chi connectivity index (χ4v) is 3.58. The van der Waals surface area contributed by atoms with E-state index >= 15 is 0 Å². The first-order chi connectivity index (χ1) is 11.6. The summed E-state index contributed by atoms with van der Waals surface area (Å²) in [6, 6.07) is 8.01. The molecule has 0 atom stereocenters. The molecule has 0 unspecified atom stereocenters. The van der Waals surface area contributed by atoms with Gasteiger partial charge in [-0.2, -0.15) is 4.31 Å². The number of pyridine rings is 1. The summed E-state index contributed by atoms with van der Waals surface area (Å²) in [6.45, 7) is 1.45. The molecule has 0 aliphatic carbocycles. The molecule has 3 rings (SSSR count). The lowest BCUT2D eigenvalue weighted by atomic mass is 10.3. The maximum atomic E-state index is 12.4. The van der Waals surface area contributed by atoms with Gasteiger partial charge in [-0.15, -0.1) is 0 Å². The number of furan rings is 1. The van der Waals surface area contributed by atoms with E-state index in [4.69, 9.17) is 9.15 Å². The molecule has 9 heteroatoms. The Balaban J connectivity index is 1.67. The zero-order chi connectivity index (χ0) is 17.0. The van der Waals surface area contributed by atoms with Gasteiger partial charge in [0.25, 0.3) is 15.9 Å². The molecule has 1 aliphatic rings. The molecule has 1 saturated heterocycles. The predicted octanol–water partition coefficient (Wildman–Crippen LogP) is 0.625. The van der Waals surface area contributed by atoms with Gasteiger partial charge >= 0.3 is 0 Å². The summed E-state index contributed by atoms with van der Waals surface area (Å²) in [5.41, 5.74) is 0.693. The van der Waals surface area contributed by atoms with Crippen LogP contribution in [0, 0.1) is 0 Å². The van der Waals surface area contributed by atoms with Gasteiger partial charge in [0, 0.05) is 19.3 Å². The van der Waals surface area contributed by atoms with E-state index in [0.717, 1.165) is 0 Å². The Morgan fingerprint density at radius 1 is 1.21 bits per heavy atom. The van der Waals surface area contributed by atoms with Crippen molar-refractivity contribution in [3.05, 3.63) is 48.0 Å². The van der Waals surface area contributed by atoms with Gasteiger partial charge in [0.15, 0.2) is 5.76 Å². The first-order valence-corrected chi connectivity index (χ1v) is 8.87. The molecular formula is C15H17N3O5S. The Bertz CT molecular complexity index is 798. The van der Waals surface area contributed by atoms with Crippen LogP contribution in [0.15, 0.2) is 46.0 Å². The minimum atomic E-state index is -3.75. The van der Waals surface area contributed by atoms with Crippen LogP contribution in [0.4, 0.5) is 0 Å². The second-order valence-electron chi connectivity index (χ2n) is 5.14. The zero-order valence-electron chi connectivity index (χ0n) is 12.8. The first kappa shape index (κ1) is 16.6. The molecule has 128 valence electrons. The molecule has 1 amide bonds. The van der Waals surface area contributed by atoms with Crippen LogP contribution < -0.4 is 5.32 Å². The number of nitrogens with one attached hydrogen (secondary N) is 1. The van der Waals surface area contributed by atoms with E-state index in [1.807, 2.05) is 6.07 Å². The lowest BCUT2D eigenvalue weighted by Gasteiger charge is -2.24. The van der Waals surface area contributed by atoms with Crippen molar-refractivity contribution in [1.82, 2.24) is 14.6 Å². The monoisotopic (exact) mass is 351 g/mol. The van der Waals surface area contributed by atoms with E-state index in [0.29, 0.717) is 18.9 Å². The maximum absolute atomic E-state index is 12.4. The standard InChI is InChI=1S/C15H17N3O5S/c19-15(17-11-12-3-1-2-6-16-12)13-4-5-14(23-13)24(20,21)18-7-9-22-10-8-18/h1-6H,7-11H2,(H,17,19). The number of aromatic nitrogens is 1. The Morgan fingerprint density at radius 2 is 2.00 bits per heavy atom. The van der Waals surface area contributed by atoms with Crippen LogP contribution in [0.5, 0.6) is 0 Å². The van der Waals surface area contributed by atoms with Crippen LogP contribution in [0.3, 0.4) is 0 Å². The van der Waals surface area contributed by atoms with Gasteiger partial charge in [-0.1, -0.05) is 6.07 Å². The molecule has 1 fully saturated rings. The fourth-order valence-electron chi connectivity index (χ4n) is 2.26. The molecule has 3 heterocycles. The molecule has 0 bridgehead atoms. The molecule has 2 aromatic heterocycles. The number of ether oxygens (including phenoxy) is 1. The summed E-state index contributed by atoms with van der Waals surface area (Å²) < 4.78 is 36.5. The molecular weight excluding hydrogens is 334 g/mol. The third kappa shape index (κ3) is 3.64. The number of amides is 1. The van der Waals surface area contributed by atoms with E-state index in [1.54, 1.807) is 18.3 Å². The van der Waals surface area contributed by atoms with Crippen LogP contribution in [0.1, 0.15) is 16.2 Å². The molecule has 0 aromatic carbocycles. The number of hydrogen-bond acceptors (Lipinski definition) is 6. The smallest absolute Gasteiger partial charge is 0.287 e. The highest BCUT2D eigenvalue weighted by atomic mass is 32.2. The summed E-state index contributed by atoms with van der Waals surface area (Å²) in [5, 5.41) is 2.39. The Kier molecular flexibility index (Phi) is 4.93.